The van der Waals surface area contributed by atoms with Gasteiger partial charge < -0.3 is 14.8 Å². The Balaban J connectivity index is 2.13. The highest BCUT2D eigenvalue weighted by atomic mass is 16.4. The highest BCUT2D eigenvalue weighted by Crippen LogP contribution is 2.26. The third kappa shape index (κ3) is 1.76. The van der Waals surface area contributed by atoms with Crippen LogP contribution in [0.25, 0.3) is 5.52 Å². The Morgan fingerprint density at radius 2 is 2.17 bits per heavy atom. The molecule has 94 valence electrons. The van der Waals surface area contributed by atoms with Crippen LogP contribution >= 0.6 is 0 Å². The van der Waals surface area contributed by atoms with E-state index in [1.54, 1.807) is 6.07 Å². The van der Waals surface area contributed by atoms with E-state index >= 15 is 0 Å². The van der Waals surface area contributed by atoms with Crippen molar-refractivity contribution in [3.8, 4) is 0 Å². The molecule has 1 aliphatic rings. The molecular weight excluding hydrogens is 230 g/mol. The first-order chi connectivity index (χ1) is 8.77. The Morgan fingerprint density at radius 3 is 2.89 bits per heavy atom. The molecule has 0 saturated carbocycles. The molecule has 2 aromatic heterocycles. The fourth-order valence-corrected chi connectivity index (χ4v) is 2.59. The number of fused-ring (bicyclic) bond motifs is 1. The van der Waals surface area contributed by atoms with E-state index in [2.05, 4.69) is 10.3 Å². The third-order valence-electron chi connectivity index (χ3n) is 3.48. The molecule has 18 heavy (non-hydrogen) atoms. The Bertz CT molecular complexity index is 585. The molecule has 0 radical (unpaired) electrons. The molecule has 0 amide bonds. The molecule has 0 spiro atoms. The van der Waals surface area contributed by atoms with Gasteiger partial charge in [-0.3, -0.25) is 0 Å². The fraction of sp³-hybridized carbons (Fsp3) is 0.385. The minimum Gasteiger partial charge on any atom is -0.476 e. The summed E-state index contributed by atoms with van der Waals surface area (Å²) in [6.45, 7) is 1.93. The lowest BCUT2D eigenvalue weighted by molar-refractivity contribution is 0.0693. The van der Waals surface area contributed by atoms with Gasteiger partial charge in [0.05, 0.1) is 5.52 Å². The van der Waals surface area contributed by atoms with E-state index in [9.17, 15) is 9.90 Å². The largest absolute Gasteiger partial charge is 0.476 e. The van der Waals surface area contributed by atoms with Crippen molar-refractivity contribution in [2.75, 3.05) is 13.1 Å². The van der Waals surface area contributed by atoms with Crippen LogP contribution in [0.2, 0.25) is 0 Å². The number of carboxylic acids is 1. The summed E-state index contributed by atoms with van der Waals surface area (Å²) in [5, 5.41) is 12.5. The van der Waals surface area contributed by atoms with Gasteiger partial charge in [0.2, 0.25) is 0 Å². The summed E-state index contributed by atoms with van der Waals surface area (Å²) in [4.78, 5) is 15.6. The molecule has 0 atom stereocenters. The maximum atomic E-state index is 11.2. The van der Waals surface area contributed by atoms with Gasteiger partial charge in [0.15, 0.2) is 5.69 Å². The zero-order chi connectivity index (χ0) is 12.5. The first kappa shape index (κ1) is 11.2. The highest BCUT2D eigenvalue weighted by molar-refractivity contribution is 5.93. The van der Waals surface area contributed by atoms with E-state index in [0.717, 1.165) is 31.8 Å². The molecular formula is C13H15N3O2. The summed E-state index contributed by atoms with van der Waals surface area (Å²) in [7, 11) is 0. The molecule has 0 bridgehead atoms. The summed E-state index contributed by atoms with van der Waals surface area (Å²) >= 11 is 0. The molecule has 0 aromatic carbocycles. The smallest absolute Gasteiger partial charge is 0.356 e. The average Bonchev–Trinajstić information content (AvgIpc) is 2.79. The number of imidazole rings is 1. The molecule has 5 nitrogen and oxygen atoms in total. The lowest BCUT2D eigenvalue weighted by Crippen LogP contribution is -2.27. The predicted octanol–water partition coefficient (Wildman–Crippen LogP) is 1.50. The number of pyridine rings is 1. The molecule has 3 rings (SSSR count). The Hall–Kier alpha value is -1.88. The fourth-order valence-electron chi connectivity index (χ4n) is 2.59. The second-order valence-electron chi connectivity index (χ2n) is 4.60. The van der Waals surface area contributed by atoms with E-state index < -0.39 is 5.97 Å². The monoisotopic (exact) mass is 245 g/mol. The predicted molar refractivity (Wildman–Crippen MR) is 67.0 cm³/mol. The molecule has 3 heterocycles. The van der Waals surface area contributed by atoms with Gasteiger partial charge in [-0.1, -0.05) is 6.07 Å². The van der Waals surface area contributed by atoms with E-state index in [1.165, 1.54) is 0 Å². The molecule has 0 aliphatic carbocycles. The summed E-state index contributed by atoms with van der Waals surface area (Å²) in [6.07, 6.45) is 3.91. The third-order valence-corrected chi connectivity index (χ3v) is 3.48. The number of carboxylic acid groups (broad SMARTS) is 1. The molecule has 2 N–H and O–H groups in total. The number of carbonyl (C=O) groups is 1. The van der Waals surface area contributed by atoms with Crippen LogP contribution in [0.5, 0.6) is 0 Å². The quantitative estimate of drug-likeness (QED) is 0.841. The summed E-state index contributed by atoms with van der Waals surface area (Å²) < 4.78 is 1.92. The van der Waals surface area contributed by atoms with Crippen molar-refractivity contribution < 1.29 is 9.90 Å². The summed E-state index contributed by atoms with van der Waals surface area (Å²) in [6, 6.07) is 5.56. The number of rotatable bonds is 2. The van der Waals surface area contributed by atoms with Crippen molar-refractivity contribution >= 4 is 11.5 Å². The van der Waals surface area contributed by atoms with Gasteiger partial charge in [-0.05, 0) is 38.1 Å². The van der Waals surface area contributed by atoms with Crippen molar-refractivity contribution in [1.29, 1.82) is 0 Å². The van der Waals surface area contributed by atoms with Gasteiger partial charge in [0.25, 0.3) is 0 Å². The van der Waals surface area contributed by atoms with Crippen LogP contribution in [0.4, 0.5) is 0 Å². The van der Waals surface area contributed by atoms with Gasteiger partial charge in [0.1, 0.15) is 5.82 Å². The standard InChI is InChI=1S/C13H15N3O2/c17-13(18)11-10-3-1-2-8-16(10)12(15-11)9-4-6-14-7-5-9/h1-3,8-9,14H,4-7H2,(H,17,18). The number of piperidine rings is 1. The average molecular weight is 245 g/mol. The number of aromatic carboxylic acids is 1. The van der Waals surface area contributed by atoms with Crippen LogP contribution in [0.3, 0.4) is 0 Å². The molecule has 1 saturated heterocycles. The molecule has 1 aliphatic heterocycles. The minimum atomic E-state index is -0.959. The second-order valence-corrected chi connectivity index (χ2v) is 4.60. The van der Waals surface area contributed by atoms with Gasteiger partial charge in [0, 0.05) is 12.1 Å². The first-order valence-electron chi connectivity index (χ1n) is 6.18. The van der Waals surface area contributed by atoms with Crippen molar-refractivity contribution in [2.24, 2.45) is 0 Å². The van der Waals surface area contributed by atoms with Gasteiger partial charge >= 0.3 is 5.97 Å². The van der Waals surface area contributed by atoms with Crippen LogP contribution in [0.15, 0.2) is 24.4 Å². The lowest BCUT2D eigenvalue weighted by atomic mass is 9.97. The zero-order valence-electron chi connectivity index (χ0n) is 9.97. The van der Waals surface area contributed by atoms with Crippen LogP contribution in [-0.4, -0.2) is 33.6 Å². The highest BCUT2D eigenvalue weighted by Gasteiger charge is 2.23. The minimum absolute atomic E-state index is 0.157. The van der Waals surface area contributed by atoms with E-state index in [1.807, 2.05) is 22.7 Å². The Kier molecular flexibility index (Phi) is 2.76. The lowest BCUT2D eigenvalue weighted by Gasteiger charge is -2.21. The SMILES string of the molecule is O=C(O)c1nc(C2CCNCC2)n2ccccc12. The van der Waals surface area contributed by atoms with Gasteiger partial charge in [-0.15, -0.1) is 0 Å². The van der Waals surface area contributed by atoms with E-state index in [4.69, 9.17) is 0 Å². The Morgan fingerprint density at radius 1 is 1.39 bits per heavy atom. The second kappa shape index (κ2) is 4.42. The van der Waals surface area contributed by atoms with Crippen LogP contribution < -0.4 is 5.32 Å². The summed E-state index contributed by atoms with van der Waals surface area (Å²) in [5.74, 6) is 0.262. The van der Waals surface area contributed by atoms with Gasteiger partial charge in [-0.2, -0.15) is 0 Å². The number of hydrogen-bond donors (Lipinski definition) is 2. The molecule has 1 fully saturated rings. The number of nitrogens with one attached hydrogen (secondary N) is 1. The van der Waals surface area contributed by atoms with Crippen LogP contribution in [0.1, 0.15) is 35.1 Å². The van der Waals surface area contributed by atoms with Crippen molar-refractivity contribution in [1.82, 2.24) is 14.7 Å². The molecule has 2 aromatic rings. The van der Waals surface area contributed by atoms with E-state index in [-0.39, 0.29) is 5.69 Å². The maximum Gasteiger partial charge on any atom is 0.356 e. The first-order valence-corrected chi connectivity index (χ1v) is 6.18. The van der Waals surface area contributed by atoms with Crippen molar-refractivity contribution in [3.05, 3.63) is 35.9 Å². The normalized spacial score (nSPS) is 17.1. The number of hydrogen-bond acceptors (Lipinski definition) is 3. The topological polar surface area (TPSA) is 66.6 Å². The maximum absolute atomic E-state index is 11.2. The van der Waals surface area contributed by atoms with E-state index in [0.29, 0.717) is 11.4 Å². The zero-order valence-corrected chi connectivity index (χ0v) is 9.97. The summed E-state index contributed by atoms with van der Waals surface area (Å²) in [5.41, 5.74) is 0.836. The van der Waals surface area contributed by atoms with Gasteiger partial charge in [-0.25, -0.2) is 9.78 Å². The number of nitrogens with zero attached hydrogens (tertiary/aromatic N) is 2. The molecule has 5 heteroatoms. The number of aromatic nitrogens is 2. The van der Waals surface area contributed by atoms with Crippen molar-refractivity contribution in [2.45, 2.75) is 18.8 Å². The van der Waals surface area contributed by atoms with Crippen LogP contribution in [0, 0.1) is 0 Å². The van der Waals surface area contributed by atoms with Crippen molar-refractivity contribution in [3.63, 3.8) is 0 Å². The Labute approximate surface area is 104 Å². The van der Waals surface area contributed by atoms with Crippen LogP contribution in [-0.2, 0) is 0 Å². The molecule has 0 unspecified atom stereocenters.